The van der Waals surface area contributed by atoms with E-state index in [1.807, 2.05) is 6.07 Å². The van der Waals surface area contributed by atoms with Gasteiger partial charge in [0.05, 0.1) is 0 Å². The number of halogens is 3. The van der Waals surface area contributed by atoms with Crippen molar-refractivity contribution in [3.05, 3.63) is 33.8 Å². The maximum absolute atomic E-state index is 12.0. The van der Waals surface area contributed by atoms with Gasteiger partial charge in [0.25, 0.3) is 0 Å². The fraction of sp³-hybridized carbons (Fsp3) is 0.417. The first-order valence-electron chi connectivity index (χ1n) is 5.22. The zero-order valence-electron chi connectivity index (χ0n) is 8.60. The van der Waals surface area contributed by atoms with Gasteiger partial charge in [-0.3, -0.25) is 4.79 Å². The van der Waals surface area contributed by atoms with Crippen molar-refractivity contribution in [3.63, 3.8) is 0 Å². The van der Waals surface area contributed by atoms with Crippen molar-refractivity contribution in [2.75, 3.05) is 0 Å². The largest absolute Gasteiger partial charge is 0.298 e. The summed E-state index contributed by atoms with van der Waals surface area (Å²) in [4.78, 5) is 12.0. The molecule has 0 spiro atoms. The van der Waals surface area contributed by atoms with E-state index in [4.69, 9.17) is 23.2 Å². The number of carbonyl (C=O) groups is 1. The Morgan fingerprint density at radius 3 is 2.62 bits per heavy atom. The normalized spacial score (nSPS) is 25.8. The first kappa shape index (κ1) is 12.4. The predicted octanol–water partition coefficient (Wildman–Crippen LogP) is 4.73. The number of alkyl halides is 1. The molecule has 1 aromatic carbocycles. The van der Waals surface area contributed by atoms with Crippen LogP contribution in [0.4, 0.5) is 0 Å². The van der Waals surface area contributed by atoms with Gasteiger partial charge in [-0.2, -0.15) is 0 Å². The Hall–Kier alpha value is -0.0500. The molecule has 1 aliphatic carbocycles. The number of ketones is 1. The number of benzene rings is 1. The Morgan fingerprint density at radius 2 is 2.00 bits per heavy atom. The van der Waals surface area contributed by atoms with Crippen LogP contribution in [0.5, 0.6) is 0 Å². The lowest BCUT2D eigenvalue weighted by Crippen LogP contribution is -2.32. The molecular formula is C12H11BrCl2O. The van der Waals surface area contributed by atoms with Crippen molar-refractivity contribution >= 4 is 44.9 Å². The van der Waals surface area contributed by atoms with Crippen LogP contribution in [0.1, 0.15) is 31.2 Å². The van der Waals surface area contributed by atoms with Gasteiger partial charge in [0.1, 0.15) is 4.32 Å². The van der Waals surface area contributed by atoms with Gasteiger partial charge in [0.15, 0.2) is 5.78 Å². The van der Waals surface area contributed by atoms with E-state index >= 15 is 0 Å². The smallest absolute Gasteiger partial charge is 0.154 e. The van der Waals surface area contributed by atoms with Crippen LogP contribution in [0.2, 0.25) is 10.0 Å². The van der Waals surface area contributed by atoms with Gasteiger partial charge in [-0.25, -0.2) is 0 Å². The summed E-state index contributed by atoms with van der Waals surface area (Å²) in [7, 11) is 0. The van der Waals surface area contributed by atoms with E-state index in [2.05, 4.69) is 15.9 Å². The minimum Gasteiger partial charge on any atom is -0.298 e. The van der Waals surface area contributed by atoms with Crippen molar-refractivity contribution < 1.29 is 4.79 Å². The second-order valence-corrected chi connectivity index (χ2v) is 6.25. The van der Waals surface area contributed by atoms with Gasteiger partial charge in [-0.15, -0.1) is 0 Å². The molecule has 2 rings (SSSR count). The van der Waals surface area contributed by atoms with E-state index in [9.17, 15) is 4.79 Å². The lowest BCUT2D eigenvalue weighted by Gasteiger charge is -2.31. The molecule has 0 saturated heterocycles. The average Bonchev–Trinajstić information content (AvgIpc) is 2.22. The van der Waals surface area contributed by atoms with Crippen LogP contribution in [0, 0.1) is 0 Å². The standard InChI is InChI=1S/C12H11BrCl2O/c13-12(6-2-1-3-11(12)16)9-5-4-8(14)7-10(9)15/h4-5,7H,1-3,6H2. The molecule has 0 aromatic heterocycles. The topological polar surface area (TPSA) is 17.1 Å². The fourth-order valence-corrected chi connectivity index (χ4v) is 3.60. The fourth-order valence-electron chi connectivity index (χ4n) is 2.09. The summed E-state index contributed by atoms with van der Waals surface area (Å²) >= 11 is 15.6. The molecule has 1 aromatic rings. The molecule has 0 N–H and O–H groups in total. The summed E-state index contributed by atoms with van der Waals surface area (Å²) in [5.41, 5.74) is 0.836. The number of carbonyl (C=O) groups excluding carboxylic acids is 1. The van der Waals surface area contributed by atoms with Crippen molar-refractivity contribution in [2.24, 2.45) is 0 Å². The Kier molecular flexibility index (Phi) is 3.62. The third kappa shape index (κ3) is 2.15. The molecule has 0 aliphatic heterocycles. The van der Waals surface area contributed by atoms with Crippen molar-refractivity contribution in [2.45, 2.75) is 30.0 Å². The van der Waals surface area contributed by atoms with Crippen LogP contribution in [0.25, 0.3) is 0 Å². The van der Waals surface area contributed by atoms with E-state index < -0.39 is 4.32 Å². The summed E-state index contributed by atoms with van der Waals surface area (Å²) in [5.74, 6) is 0.211. The van der Waals surface area contributed by atoms with E-state index in [1.54, 1.807) is 12.1 Å². The lowest BCUT2D eigenvalue weighted by molar-refractivity contribution is -0.122. The highest BCUT2D eigenvalue weighted by Crippen LogP contribution is 2.45. The minimum atomic E-state index is -0.604. The van der Waals surface area contributed by atoms with Crippen molar-refractivity contribution in [1.29, 1.82) is 0 Å². The molecule has 4 heteroatoms. The summed E-state index contributed by atoms with van der Waals surface area (Å²) in [6.07, 6.45) is 3.42. The molecule has 86 valence electrons. The summed E-state index contributed by atoms with van der Waals surface area (Å²) < 4.78 is -0.604. The number of Topliss-reactive ketones (excluding diaryl/α,β-unsaturated/α-hetero) is 1. The average molecular weight is 322 g/mol. The van der Waals surface area contributed by atoms with Gasteiger partial charge < -0.3 is 0 Å². The zero-order valence-corrected chi connectivity index (χ0v) is 11.7. The molecule has 1 aliphatic rings. The molecular weight excluding hydrogens is 311 g/mol. The third-order valence-corrected chi connectivity index (χ3v) is 4.79. The maximum atomic E-state index is 12.0. The van der Waals surface area contributed by atoms with Crippen LogP contribution in [0.15, 0.2) is 18.2 Å². The highest BCUT2D eigenvalue weighted by Gasteiger charge is 2.40. The second kappa shape index (κ2) is 4.67. The van der Waals surface area contributed by atoms with E-state index in [0.29, 0.717) is 16.5 Å². The van der Waals surface area contributed by atoms with Crippen molar-refractivity contribution in [1.82, 2.24) is 0 Å². The quantitative estimate of drug-likeness (QED) is 0.684. The zero-order chi connectivity index (χ0) is 11.8. The summed E-state index contributed by atoms with van der Waals surface area (Å²) in [6, 6.07) is 5.29. The van der Waals surface area contributed by atoms with E-state index in [1.165, 1.54) is 0 Å². The SMILES string of the molecule is O=C1CCCCC1(Br)c1ccc(Cl)cc1Cl. The van der Waals surface area contributed by atoms with Gasteiger partial charge in [-0.1, -0.05) is 51.6 Å². The van der Waals surface area contributed by atoms with Gasteiger partial charge in [-0.05, 0) is 30.5 Å². The Morgan fingerprint density at radius 1 is 1.25 bits per heavy atom. The summed E-state index contributed by atoms with van der Waals surface area (Å²) in [6.45, 7) is 0. The molecule has 1 fully saturated rings. The number of rotatable bonds is 1. The predicted molar refractivity (Wildman–Crippen MR) is 70.5 cm³/mol. The maximum Gasteiger partial charge on any atom is 0.154 e. The molecule has 1 saturated carbocycles. The van der Waals surface area contributed by atoms with Crippen LogP contribution in [-0.2, 0) is 9.12 Å². The third-order valence-electron chi connectivity index (χ3n) is 2.98. The van der Waals surface area contributed by atoms with E-state index in [0.717, 1.165) is 24.8 Å². The molecule has 0 amide bonds. The first-order chi connectivity index (χ1) is 7.54. The lowest BCUT2D eigenvalue weighted by atomic mass is 9.82. The van der Waals surface area contributed by atoms with Crippen LogP contribution >= 0.6 is 39.1 Å². The Balaban J connectivity index is 2.45. The van der Waals surface area contributed by atoms with Gasteiger partial charge >= 0.3 is 0 Å². The monoisotopic (exact) mass is 320 g/mol. The number of hydrogen-bond acceptors (Lipinski definition) is 1. The highest BCUT2D eigenvalue weighted by atomic mass is 79.9. The van der Waals surface area contributed by atoms with Crippen molar-refractivity contribution in [3.8, 4) is 0 Å². The molecule has 1 atom stereocenters. The van der Waals surface area contributed by atoms with Gasteiger partial charge in [0.2, 0.25) is 0 Å². The van der Waals surface area contributed by atoms with Crippen LogP contribution in [0.3, 0.4) is 0 Å². The molecule has 0 bridgehead atoms. The molecule has 1 nitrogen and oxygen atoms in total. The highest BCUT2D eigenvalue weighted by molar-refractivity contribution is 9.10. The molecule has 0 radical (unpaired) electrons. The summed E-state index contributed by atoms with van der Waals surface area (Å²) in [5, 5.41) is 1.15. The first-order valence-corrected chi connectivity index (χ1v) is 6.77. The Labute approximate surface area is 113 Å². The van der Waals surface area contributed by atoms with Crippen LogP contribution < -0.4 is 0 Å². The molecule has 16 heavy (non-hydrogen) atoms. The number of hydrogen-bond donors (Lipinski definition) is 0. The van der Waals surface area contributed by atoms with Crippen LogP contribution in [-0.4, -0.2) is 5.78 Å². The van der Waals surface area contributed by atoms with E-state index in [-0.39, 0.29) is 5.78 Å². The molecule has 0 heterocycles. The second-order valence-electron chi connectivity index (χ2n) is 4.06. The van der Waals surface area contributed by atoms with Gasteiger partial charge in [0, 0.05) is 16.5 Å². The Bertz CT molecular complexity index is 433. The minimum absolute atomic E-state index is 0.211. The molecule has 1 unspecified atom stereocenters.